The van der Waals surface area contributed by atoms with Crippen molar-refractivity contribution in [3.05, 3.63) is 95.6 Å². The number of aliphatic hydroxyl groups is 1. The summed E-state index contributed by atoms with van der Waals surface area (Å²) in [5.74, 6) is -1.06. The third kappa shape index (κ3) is 4.77. The van der Waals surface area contributed by atoms with Crippen molar-refractivity contribution in [3.8, 4) is 5.75 Å². The number of unbranched alkanes of at least 4 members (excludes halogenated alkanes) is 1. The Bertz CT molecular complexity index is 1160. The molecule has 33 heavy (non-hydrogen) atoms. The summed E-state index contributed by atoms with van der Waals surface area (Å²) in [6.45, 7) is 2.81. The molecule has 1 fully saturated rings. The van der Waals surface area contributed by atoms with Crippen LogP contribution in [0.15, 0.2) is 78.9 Å². The summed E-state index contributed by atoms with van der Waals surface area (Å²) in [7, 11) is 0. The molecule has 1 aromatic carbocycles. The zero-order valence-electron chi connectivity index (χ0n) is 18.3. The fourth-order valence-electron chi connectivity index (χ4n) is 3.84. The summed E-state index contributed by atoms with van der Waals surface area (Å²) in [5, 5.41) is 11.2. The zero-order chi connectivity index (χ0) is 23.2. The van der Waals surface area contributed by atoms with Gasteiger partial charge in [0, 0.05) is 36.9 Å². The third-order valence-corrected chi connectivity index (χ3v) is 5.49. The second kappa shape index (κ2) is 10.1. The van der Waals surface area contributed by atoms with Gasteiger partial charge in [-0.2, -0.15) is 0 Å². The molecule has 0 bridgehead atoms. The number of ketones is 1. The number of aliphatic hydroxyl groups excluding tert-OH is 1. The van der Waals surface area contributed by atoms with Gasteiger partial charge in [0.15, 0.2) is 0 Å². The Hall–Kier alpha value is -4.00. The monoisotopic (exact) mass is 443 g/mol. The molecule has 1 atom stereocenters. The van der Waals surface area contributed by atoms with E-state index in [0.29, 0.717) is 23.5 Å². The maximum absolute atomic E-state index is 13.1. The molecule has 7 nitrogen and oxygen atoms in total. The second-order valence-corrected chi connectivity index (χ2v) is 7.80. The van der Waals surface area contributed by atoms with Gasteiger partial charge in [-0.15, -0.1) is 0 Å². The SMILES string of the molecule is CCCCOc1cccc(/C(O)=C2\C(=O)C(=O)N(Cc3cccnc3)C2c2cccnc2)c1. The Balaban J connectivity index is 1.76. The van der Waals surface area contributed by atoms with Crippen molar-refractivity contribution in [1.29, 1.82) is 0 Å². The first-order chi connectivity index (χ1) is 16.1. The van der Waals surface area contributed by atoms with Crippen LogP contribution in [0.2, 0.25) is 0 Å². The number of ether oxygens (including phenoxy) is 1. The molecule has 1 N–H and O–H groups in total. The average Bonchev–Trinajstić information content (AvgIpc) is 3.10. The van der Waals surface area contributed by atoms with E-state index in [1.54, 1.807) is 67.3 Å². The number of aromatic nitrogens is 2. The fraction of sp³-hybridized carbons (Fsp3) is 0.231. The molecular formula is C26H25N3O4. The number of carbonyl (C=O) groups excluding carboxylic acids is 2. The van der Waals surface area contributed by atoms with Crippen molar-refractivity contribution in [1.82, 2.24) is 14.9 Å². The predicted molar refractivity (Wildman–Crippen MR) is 123 cm³/mol. The maximum atomic E-state index is 13.1. The van der Waals surface area contributed by atoms with Gasteiger partial charge < -0.3 is 14.7 Å². The van der Waals surface area contributed by atoms with Crippen LogP contribution in [0.3, 0.4) is 0 Å². The van der Waals surface area contributed by atoms with Crippen molar-refractivity contribution in [2.45, 2.75) is 32.4 Å². The van der Waals surface area contributed by atoms with Crippen LogP contribution in [0, 0.1) is 0 Å². The van der Waals surface area contributed by atoms with E-state index >= 15 is 0 Å². The van der Waals surface area contributed by atoms with Crippen LogP contribution in [0.25, 0.3) is 5.76 Å². The van der Waals surface area contributed by atoms with Gasteiger partial charge in [-0.25, -0.2) is 0 Å². The van der Waals surface area contributed by atoms with Crippen LogP contribution in [-0.2, 0) is 16.1 Å². The lowest BCUT2D eigenvalue weighted by atomic mass is 9.96. The molecule has 168 valence electrons. The number of pyridine rings is 2. The summed E-state index contributed by atoms with van der Waals surface area (Å²) in [6.07, 6.45) is 8.43. The smallest absolute Gasteiger partial charge is 0.295 e. The Morgan fingerprint density at radius 3 is 2.55 bits per heavy atom. The van der Waals surface area contributed by atoms with Gasteiger partial charge in [0.2, 0.25) is 0 Å². The van der Waals surface area contributed by atoms with Gasteiger partial charge in [-0.1, -0.05) is 37.6 Å². The van der Waals surface area contributed by atoms with Gasteiger partial charge in [0.05, 0.1) is 18.2 Å². The maximum Gasteiger partial charge on any atom is 0.295 e. The van der Waals surface area contributed by atoms with E-state index in [9.17, 15) is 14.7 Å². The molecule has 0 spiro atoms. The van der Waals surface area contributed by atoms with Crippen LogP contribution in [-0.4, -0.2) is 38.3 Å². The number of amides is 1. The molecule has 1 aliphatic rings. The van der Waals surface area contributed by atoms with Gasteiger partial charge in [-0.3, -0.25) is 19.6 Å². The molecule has 4 rings (SSSR count). The minimum Gasteiger partial charge on any atom is -0.507 e. The van der Waals surface area contributed by atoms with E-state index in [2.05, 4.69) is 16.9 Å². The summed E-state index contributed by atoms with van der Waals surface area (Å²) >= 11 is 0. The van der Waals surface area contributed by atoms with Crippen LogP contribution < -0.4 is 4.74 Å². The van der Waals surface area contributed by atoms with Gasteiger partial charge in [-0.05, 0) is 41.8 Å². The number of rotatable bonds is 8. The van der Waals surface area contributed by atoms with Gasteiger partial charge in [0.1, 0.15) is 11.5 Å². The van der Waals surface area contributed by atoms with E-state index in [4.69, 9.17) is 4.74 Å². The predicted octanol–water partition coefficient (Wildman–Crippen LogP) is 4.28. The van der Waals surface area contributed by atoms with Crippen molar-refractivity contribution in [2.75, 3.05) is 6.61 Å². The normalized spacial score (nSPS) is 17.4. The first kappa shape index (κ1) is 22.2. The van der Waals surface area contributed by atoms with E-state index in [0.717, 1.165) is 18.4 Å². The molecule has 0 saturated carbocycles. The van der Waals surface area contributed by atoms with Gasteiger partial charge >= 0.3 is 0 Å². The van der Waals surface area contributed by atoms with Crippen molar-refractivity contribution < 1.29 is 19.4 Å². The van der Waals surface area contributed by atoms with Crippen LogP contribution in [0.1, 0.15) is 42.5 Å². The molecule has 3 aromatic rings. The molecule has 1 aliphatic heterocycles. The zero-order valence-corrected chi connectivity index (χ0v) is 18.3. The van der Waals surface area contributed by atoms with Crippen molar-refractivity contribution in [2.24, 2.45) is 0 Å². The molecule has 0 radical (unpaired) electrons. The Morgan fingerprint density at radius 2 is 1.85 bits per heavy atom. The Kier molecular flexibility index (Phi) is 6.78. The number of likely N-dealkylation sites (tertiary alicyclic amines) is 1. The molecular weight excluding hydrogens is 418 g/mol. The number of hydrogen-bond acceptors (Lipinski definition) is 6. The first-order valence-electron chi connectivity index (χ1n) is 10.9. The highest BCUT2D eigenvalue weighted by Gasteiger charge is 2.46. The molecule has 0 aliphatic carbocycles. The van der Waals surface area contributed by atoms with Crippen molar-refractivity contribution >= 4 is 17.4 Å². The largest absolute Gasteiger partial charge is 0.507 e. The summed E-state index contributed by atoms with van der Waals surface area (Å²) in [4.78, 5) is 35.9. The van der Waals surface area contributed by atoms with E-state index in [1.165, 1.54) is 4.90 Å². The molecule has 3 heterocycles. The molecule has 2 aromatic heterocycles. The fourth-order valence-corrected chi connectivity index (χ4v) is 3.84. The van der Waals surface area contributed by atoms with Crippen LogP contribution in [0.4, 0.5) is 0 Å². The number of hydrogen-bond donors (Lipinski definition) is 1. The number of nitrogens with zero attached hydrogens (tertiary/aromatic N) is 3. The summed E-state index contributed by atoms with van der Waals surface area (Å²) in [6, 6.07) is 13.3. The van der Waals surface area contributed by atoms with E-state index < -0.39 is 17.7 Å². The minimum atomic E-state index is -0.774. The third-order valence-electron chi connectivity index (χ3n) is 5.49. The number of carbonyl (C=O) groups is 2. The highest BCUT2D eigenvalue weighted by Crippen LogP contribution is 2.40. The minimum absolute atomic E-state index is 0.0302. The molecule has 1 unspecified atom stereocenters. The summed E-state index contributed by atoms with van der Waals surface area (Å²) < 4.78 is 5.75. The van der Waals surface area contributed by atoms with Crippen LogP contribution >= 0.6 is 0 Å². The first-order valence-corrected chi connectivity index (χ1v) is 10.9. The Labute approximate surface area is 192 Å². The van der Waals surface area contributed by atoms with E-state index in [1.807, 2.05) is 6.07 Å². The topological polar surface area (TPSA) is 92.6 Å². The quantitative estimate of drug-likeness (QED) is 0.242. The lowest BCUT2D eigenvalue weighted by Crippen LogP contribution is -2.29. The molecule has 1 amide bonds. The summed E-state index contributed by atoms with van der Waals surface area (Å²) in [5.41, 5.74) is 1.86. The highest BCUT2D eigenvalue weighted by atomic mass is 16.5. The Morgan fingerprint density at radius 1 is 1.06 bits per heavy atom. The average molecular weight is 444 g/mol. The highest BCUT2D eigenvalue weighted by molar-refractivity contribution is 6.46. The van der Waals surface area contributed by atoms with Crippen LogP contribution in [0.5, 0.6) is 5.75 Å². The number of benzene rings is 1. The standard InChI is InChI=1S/C26H25N3O4/c1-2-3-13-33-21-10-4-8-19(14-21)24(30)22-23(20-9-6-12-28-16-20)29(26(32)25(22)31)17-18-7-5-11-27-15-18/h4-12,14-16,23,30H,2-3,13,17H2,1H3/b24-22+. The lowest BCUT2D eigenvalue weighted by Gasteiger charge is -2.25. The van der Waals surface area contributed by atoms with Gasteiger partial charge in [0.25, 0.3) is 11.7 Å². The van der Waals surface area contributed by atoms with Crippen molar-refractivity contribution in [3.63, 3.8) is 0 Å². The lowest BCUT2D eigenvalue weighted by molar-refractivity contribution is -0.140. The molecule has 1 saturated heterocycles. The number of Topliss-reactive ketones (excluding diaryl/α,β-unsaturated/α-hetero) is 1. The molecule has 7 heteroatoms. The van der Waals surface area contributed by atoms with E-state index in [-0.39, 0.29) is 17.9 Å². The second-order valence-electron chi connectivity index (χ2n) is 7.80.